The van der Waals surface area contributed by atoms with Crippen LogP contribution in [0.4, 0.5) is 23.3 Å². The third-order valence-corrected chi connectivity index (χ3v) is 2.63. The predicted octanol–water partition coefficient (Wildman–Crippen LogP) is 3.36. The second-order valence-corrected chi connectivity index (χ2v) is 4.11. The van der Waals surface area contributed by atoms with E-state index in [1.165, 1.54) is 6.33 Å². The first-order valence-electron chi connectivity index (χ1n) is 6.23. The fourth-order valence-electron chi connectivity index (χ4n) is 1.72. The zero-order valence-electron chi connectivity index (χ0n) is 10.7. The number of para-hydroxylation sites is 2. The molecule has 2 N–H and O–H groups in total. The second-order valence-electron chi connectivity index (χ2n) is 4.11. The summed E-state index contributed by atoms with van der Waals surface area (Å²) in [6, 6.07) is 19.5. The molecule has 0 amide bonds. The molecular weight excluding hydrogens is 250 g/mol. The molecule has 5 heteroatoms. The fourth-order valence-corrected chi connectivity index (χ4v) is 1.72. The van der Waals surface area contributed by atoms with Gasteiger partial charge in [0, 0.05) is 11.4 Å². The molecule has 5 nitrogen and oxygen atoms in total. The maximum Gasteiger partial charge on any atom is 0.232 e. The van der Waals surface area contributed by atoms with Gasteiger partial charge in [0.25, 0.3) is 0 Å². The minimum atomic E-state index is 0.504. The number of nitrogens with one attached hydrogen (secondary N) is 2. The Morgan fingerprint density at radius 1 is 0.600 bits per heavy atom. The standard InChI is InChI=1S/C15H13N5/c1-3-7-12(8-4-1)18-14-16-11-17-15(20-14)19-13-9-5-2-6-10-13/h1-11H,(H2,16,17,18,19,20). The molecule has 2 aromatic carbocycles. The number of hydrogen-bond donors (Lipinski definition) is 2. The van der Waals surface area contributed by atoms with Gasteiger partial charge in [0.05, 0.1) is 0 Å². The Morgan fingerprint density at radius 3 is 1.50 bits per heavy atom. The number of nitrogens with zero attached hydrogens (tertiary/aromatic N) is 3. The van der Waals surface area contributed by atoms with Gasteiger partial charge in [-0.05, 0) is 24.3 Å². The number of benzene rings is 2. The summed E-state index contributed by atoms with van der Waals surface area (Å²) < 4.78 is 0. The van der Waals surface area contributed by atoms with Crippen molar-refractivity contribution in [3.63, 3.8) is 0 Å². The molecule has 0 aliphatic carbocycles. The molecule has 20 heavy (non-hydrogen) atoms. The molecule has 98 valence electrons. The van der Waals surface area contributed by atoms with E-state index in [2.05, 4.69) is 25.6 Å². The fraction of sp³-hybridized carbons (Fsp3) is 0. The lowest BCUT2D eigenvalue weighted by Gasteiger charge is -2.07. The molecule has 3 rings (SSSR count). The quantitative estimate of drug-likeness (QED) is 0.755. The van der Waals surface area contributed by atoms with Gasteiger partial charge < -0.3 is 10.6 Å². The predicted molar refractivity (Wildman–Crippen MR) is 79.3 cm³/mol. The van der Waals surface area contributed by atoms with Gasteiger partial charge in [0.2, 0.25) is 11.9 Å². The topological polar surface area (TPSA) is 62.7 Å². The van der Waals surface area contributed by atoms with Crippen LogP contribution in [0.25, 0.3) is 0 Å². The molecule has 0 unspecified atom stereocenters. The summed E-state index contributed by atoms with van der Waals surface area (Å²) in [5, 5.41) is 6.26. The van der Waals surface area contributed by atoms with Crippen LogP contribution in [0.5, 0.6) is 0 Å². The number of aromatic nitrogens is 3. The largest absolute Gasteiger partial charge is 0.324 e. The van der Waals surface area contributed by atoms with Gasteiger partial charge >= 0.3 is 0 Å². The van der Waals surface area contributed by atoms with Crippen LogP contribution in [-0.4, -0.2) is 15.0 Å². The molecule has 0 saturated carbocycles. The van der Waals surface area contributed by atoms with E-state index in [1.54, 1.807) is 0 Å². The van der Waals surface area contributed by atoms with Gasteiger partial charge in [0.15, 0.2) is 0 Å². The monoisotopic (exact) mass is 263 g/mol. The highest BCUT2D eigenvalue weighted by atomic mass is 15.2. The Hall–Kier alpha value is -2.95. The molecule has 0 spiro atoms. The van der Waals surface area contributed by atoms with Gasteiger partial charge in [-0.2, -0.15) is 4.98 Å². The highest BCUT2D eigenvalue weighted by molar-refractivity contribution is 5.56. The molecule has 0 atom stereocenters. The van der Waals surface area contributed by atoms with Gasteiger partial charge in [-0.1, -0.05) is 36.4 Å². The summed E-state index contributed by atoms with van der Waals surface area (Å²) in [7, 11) is 0. The molecule has 0 fully saturated rings. The highest BCUT2D eigenvalue weighted by Crippen LogP contribution is 2.15. The van der Waals surface area contributed by atoms with Crippen LogP contribution in [0.15, 0.2) is 67.0 Å². The van der Waals surface area contributed by atoms with Gasteiger partial charge in [0.1, 0.15) is 6.33 Å². The van der Waals surface area contributed by atoms with E-state index < -0.39 is 0 Å². The van der Waals surface area contributed by atoms with Crippen molar-refractivity contribution in [3.05, 3.63) is 67.0 Å². The Morgan fingerprint density at radius 2 is 1.05 bits per heavy atom. The molecular formula is C15H13N5. The van der Waals surface area contributed by atoms with E-state index in [0.29, 0.717) is 11.9 Å². The van der Waals surface area contributed by atoms with Crippen molar-refractivity contribution in [2.75, 3.05) is 10.6 Å². The lowest BCUT2D eigenvalue weighted by molar-refractivity contribution is 1.06. The van der Waals surface area contributed by atoms with Crippen LogP contribution in [0, 0.1) is 0 Å². The van der Waals surface area contributed by atoms with Crippen LogP contribution >= 0.6 is 0 Å². The molecule has 3 aromatic rings. The normalized spacial score (nSPS) is 10.0. The van der Waals surface area contributed by atoms with Gasteiger partial charge in [-0.15, -0.1) is 0 Å². The third kappa shape index (κ3) is 3.08. The minimum absolute atomic E-state index is 0.504. The first-order chi connectivity index (χ1) is 9.90. The van der Waals surface area contributed by atoms with Gasteiger partial charge in [-0.3, -0.25) is 0 Å². The molecule has 0 radical (unpaired) electrons. The Labute approximate surface area is 116 Å². The Balaban J connectivity index is 1.76. The summed E-state index contributed by atoms with van der Waals surface area (Å²) in [5.41, 5.74) is 1.87. The molecule has 0 aliphatic heterocycles. The molecule has 1 heterocycles. The van der Waals surface area contributed by atoms with Crippen molar-refractivity contribution in [2.45, 2.75) is 0 Å². The molecule has 1 aromatic heterocycles. The summed E-state index contributed by atoms with van der Waals surface area (Å²) in [6.45, 7) is 0. The van der Waals surface area contributed by atoms with Crippen LogP contribution in [0.1, 0.15) is 0 Å². The summed E-state index contributed by atoms with van der Waals surface area (Å²) in [4.78, 5) is 12.5. The lowest BCUT2D eigenvalue weighted by atomic mass is 10.3. The number of anilines is 4. The molecule has 0 saturated heterocycles. The second kappa shape index (κ2) is 5.79. The molecule has 0 bridgehead atoms. The summed E-state index contributed by atoms with van der Waals surface area (Å²) >= 11 is 0. The van der Waals surface area contributed by atoms with Crippen molar-refractivity contribution in [3.8, 4) is 0 Å². The average Bonchev–Trinajstić information content (AvgIpc) is 2.50. The lowest BCUT2D eigenvalue weighted by Crippen LogP contribution is -2.02. The van der Waals surface area contributed by atoms with E-state index in [0.717, 1.165) is 11.4 Å². The minimum Gasteiger partial charge on any atom is -0.324 e. The summed E-state index contributed by atoms with van der Waals surface area (Å²) in [5.74, 6) is 1.01. The SMILES string of the molecule is c1ccc(Nc2ncnc(Nc3ccccc3)n2)cc1. The van der Waals surface area contributed by atoms with Crippen molar-refractivity contribution < 1.29 is 0 Å². The highest BCUT2D eigenvalue weighted by Gasteiger charge is 2.01. The number of hydrogen-bond acceptors (Lipinski definition) is 5. The van der Waals surface area contributed by atoms with Crippen LogP contribution in [-0.2, 0) is 0 Å². The number of rotatable bonds is 4. The Bertz CT molecular complexity index is 613. The van der Waals surface area contributed by atoms with E-state index in [1.807, 2.05) is 60.7 Å². The zero-order valence-corrected chi connectivity index (χ0v) is 10.7. The summed E-state index contributed by atoms with van der Waals surface area (Å²) in [6.07, 6.45) is 1.48. The van der Waals surface area contributed by atoms with E-state index in [9.17, 15) is 0 Å². The Kier molecular flexibility index (Phi) is 3.51. The molecule has 0 aliphatic rings. The first kappa shape index (κ1) is 12.1. The van der Waals surface area contributed by atoms with Crippen LogP contribution < -0.4 is 10.6 Å². The van der Waals surface area contributed by atoms with E-state index >= 15 is 0 Å². The van der Waals surface area contributed by atoms with Crippen LogP contribution in [0.3, 0.4) is 0 Å². The van der Waals surface area contributed by atoms with Gasteiger partial charge in [-0.25, -0.2) is 9.97 Å². The smallest absolute Gasteiger partial charge is 0.232 e. The zero-order chi connectivity index (χ0) is 13.6. The van der Waals surface area contributed by atoms with Crippen molar-refractivity contribution >= 4 is 23.3 Å². The first-order valence-corrected chi connectivity index (χ1v) is 6.23. The third-order valence-electron chi connectivity index (χ3n) is 2.63. The van der Waals surface area contributed by atoms with Crippen molar-refractivity contribution in [2.24, 2.45) is 0 Å². The van der Waals surface area contributed by atoms with Crippen molar-refractivity contribution in [1.29, 1.82) is 0 Å². The van der Waals surface area contributed by atoms with Crippen molar-refractivity contribution in [1.82, 2.24) is 15.0 Å². The maximum absolute atomic E-state index is 4.32. The van der Waals surface area contributed by atoms with E-state index in [4.69, 9.17) is 0 Å². The van der Waals surface area contributed by atoms with Crippen LogP contribution in [0.2, 0.25) is 0 Å². The average molecular weight is 263 g/mol. The maximum atomic E-state index is 4.32. The van der Waals surface area contributed by atoms with E-state index in [-0.39, 0.29) is 0 Å².